The molecule has 6 heteroatoms. The number of aryl methyl sites for hydroxylation is 1. The number of benzene rings is 1. The second-order valence-electron chi connectivity index (χ2n) is 4.18. The van der Waals surface area contributed by atoms with E-state index in [0.717, 1.165) is 5.56 Å². The Labute approximate surface area is 110 Å². The van der Waals surface area contributed by atoms with E-state index in [0.29, 0.717) is 0 Å². The van der Waals surface area contributed by atoms with Crippen LogP contribution in [0.25, 0.3) is 0 Å². The molecule has 1 aromatic carbocycles. The van der Waals surface area contributed by atoms with Crippen molar-refractivity contribution >= 4 is 11.8 Å². The molecule has 0 spiro atoms. The first-order valence-corrected chi connectivity index (χ1v) is 5.68. The molecule has 4 N–H and O–H groups in total. The standard InChI is InChI=1S/C13H15N3O3/c1-8-4-9(12(15)18)6-10(5-8)13(19)16-7-11(17)2-3-14/h4-6,11,17H,2,7H2,1H3,(H2,15,18)(H,16,19). The van der Waals surface area contributed by atoms with Gasteiger partial charge in [0.1, 0.15) is 0 Å². The molecule has 6 nitrogen and oxygen atoms in total. The Bertz CT molecular complexity index is 534. The van der Waals surface area contributed by atoms with Crippen molar-refractivity contribution < 1.29 is 14.7 Å². The molecular formula is C13H15N3O3. The smallest absolute Gasteiger partial charge is 0.251 e. The van der Waals surface area contributed by atoms with Crippen molar-refractivity contribution in [3.63, 3.8) is 0 Å². The minimum absolute atomic E-state index is 0.0216. The number of hydrogen-bond acceptors (Lipinski definition) is 4. The summed E-state index contributed by atoms with van der Waals surface area (Å²) in [4.78, 5) is 22.9. The number of hydrogen-bond donors (Lipinski definition) is 3. The number of primary amides is 1. The molecule has 0 saturated carbocycles. The Balaban J connectivity index is 2.77. The van der Waals surface area contributed by atoms with Gasteiger partial charge in [-0.2, -0.15) is 5.26 Å². The van der Waals surface area contributed by atoms with E-state index in [1.807, 2.05) is 0 Å². The van der Waals surface area contributed by atoms with Gasteiger partial charge in [0.05, 0.1) is 18.6 Å². The maximum absolute atomic E-state index is 11.8. The lowest BCUT2D eigenvalue weighted by atomic mass is 10.1. The highest BCUT2D eigenvalue weighted by molar-refractivity contribution is 5.99. The second kappa shape index (κ2) is 6.52. The van der Waals surface area contributed by atoms with Gasteiger partial charge >= 0.3 is 0 Å². The van der Waals surface area contributed by atoms with Crippen LogP contribution in [0.2, 0.25) is 0 Å². The van der Waals surface area contributed by atoms with Crippen molar-refractivity contribution in [3.8, 4) is 6.07 Å². The van der Waals surface area contributed by atoms with Crippen molar-refractivity contribution in [2.45, 2.75) is 19.4 Å². The van der Waals surface area contributed by atoms with E-state index in [2.05, 4.69) is 5.32 Å². The van der Waals surface area contributed by atoms with Crippen molar-refractivity contribution in [1.29, 1.82) is 5.26 Å². The summed E-state index contributed by atoms with van der Waals surface area (Å²) in [6.45, 7) is 1.72. The molecule has 0 aromatic heterocycles. The molecule has 0 aliphatic carbocycles. The molecule has 1 rings (SSSR count). The van der Waals surface area contributed by atoms with Crippen molar-refractivity contribution in [2.24, 2.45) is 5.73 Å². The van der Waals surface area contributed by atoms with Crippen molar-refractivity contribution in [1.82, 2.24) is 5.32 Å². The van der Waals surface area contributed by atoms with Gasteiger partial charge in [-0.05, 0) is 30.7 Å². The SMILES string of the molecule is Cc1cc(C(N)=O)cc(C(=O)NCC(O)CC#N)c1. The number of aliphatic hydroxyl groups excluding tert-OH is 1. The number of nitriles is 1. The van der Waals surface area contributed by atoms with E-state index >= 15 is 0 Å². The largest absolute Gasteiger partial charge is 0.390 e. The van der Waals surface area contributed by atoms with Crippen LogP contribution in [0.1, 0.15) is 32.7 Å². The van der Waals surface area contributed by atoms with Gasteiger partial charge in [-0.15, -0.1) is 0 Å². The maximum atomic E-state index is 11.8. The zero-order chi connectivity index (χ0) is 14.4. The number of aliphatic hydroxyl groups is 1. The molecule has 0 aliphatic rings. The Morgan fingerprint density at radius 2 is 2.05 bits per heavy atom. The minimum Gasteiger partial charge on any atom is -0.390 e. The summed E-state index contributed by atoms with van der Waals surface area (Å²) in [7, 11) is 0. The molecule has 1 aromatic rings. The quantitative estimate of drug-likeness (QED) is 0.696. The van der Waals surface area contributed by atoms with Gasteiger partial charge in [-0.25, -0.2) is 0 Å². The van der Waals surface area contributed by atoms with Crippen molar-refractivity contribution in [2.75, 3.05) is 6.54 Å². The van der Waals surface area contributed by atoms with Crippen molar-refractivity contribution in [3.05, 3.63) is 34.9 Å². The molecule has 0 bridgehead atoms. The van der Waals surface area contributed by atoms with Gasteiger partial charge in [0.15, 0.2) is 0 Å². The lowest BCUT2D eigenvalue weighted by Gasteiger charge is -2.09. The first-order valence-electron chi connectivity index (χ1n) is 5.68. The van der Waals surface area contributed by atoms with Gasteiger partial charge in [0.25, 0.3) is 5.91 Å². The van der Waals surface area contributed by atoms with Crippen LogP contribution in [-0.2, 0) is 0 Å². The van der Waals surface area contributed by atoms with Crippen LogP contribution >= 0.6 is 0 Å². The predicted octanol–water partition coefficient (Wildman–Crippen LogP) is 0.0983. The van der Waals surface area contributed by atoms with E-state index in [4.69, 9.17) is 11.0 Å². The number of nitrogens with one attached hydrogen (secondary N) is 1. The summed E-state index contributed by atoms with van der Waals surface area (Å²) in [6, 6.07) is 6.39. The molecule has 1 unspecified atom stereocenters. The highest BCUT2D eigenvalue weighted by Gasteiger charge is 2.11. The first kappa shape index (κ1) is 14.7. The molecule has 0 fully saturated rings. The number of amides is 2. The van der Waals surface area contributed by atoms with Gasteiger partial charge in [-0.1, -0.05) is 0 Å². The third kappa shape index (κ3) is 4.41. The van der Waals surface area contributed by atoms with Gasteiger partial charge in [0, 0.05) is 17.7 Å². The molecule has 0 radical (unpaired) electrons. The average Bonchev–Trinajstić information content (AvgIpc) is 2.35. The summed E-state index contributed by atoms with van der Waals surface area (Å²) < 4.78 is 0. The topological polar surface area (TPSA) is 116 Å². The number of carbonyl (C=O) groups is 2. The Morgan fingerprint density at radius 3 is 2.63 bits per heavy atom. The lowest BCUT2D eigenvalue weighted by Crippen LogP contribution is -2.32. The van der Waals surface area contributed by atoms with Crippen LogP contribution in [-0.4, -0.2) is 29.6 Å². The Kier molecular flexibility index (Phi) is 5.03. The number of nitrogens with two attached hydrogens (primary N) is 1. The number of rotatable bonds is 5. The van der Waals surface area contributed by atoms with Crippen LogP contribution in [0.15, 0.2) is 18.2 Å². The second-order valence-corrected chi connectivity index (χ2v) is 4.18. The van der Waals surface area contributed by atoms with Gasteiger partial charge in [0.2, 0.25) is 5.91 Å². The van der Waals surface area contributed by atoms with Crippen LogP contribution in [0, 0.1) is 18.3 Å². The fourth-order valence-electron chi connectivity index (χ4n) is 1.55. The lowest BCUT2D eigenvalue weighted by molar-refractivity contribution is 0.0918. The van der Waals surface area contributed by atoms with Crippen LogP contribution in [0.3, 0.4) is 0 Å². The maximum Gasteiger partial charge on any atom is 0.251 e. The minimum atomic E-state index is -0.908. The summed E-state index contributed by atoms with van der Waals surface area (Å²) >= 11 is 0. The normalized spacial score (nSPS) is 11.4. The van der Waals surface area contributed by atoms with Crippen LogP contribution in [0.4, 0.5) is 0 Å². The molecule has 19 heavy (non-hydrogen) atoms. The summed E-state index contributed by atoms with van der Waals surface area (Å²) in [6.07, 6.45) is -0.963. The first-order chi connectivity index (χ1) is 8.93. The zero-order valence-electron chi connectivity index (χ0n) is 10.5. The molecule has 0 heterocycles. The zero-order valence-corrected chi connectivity index (χ0v) is 10.5. The van der Waals surface area contributed by atoms with E-state index in [9.17, 15) is 14.7 Å². The van der Waals surface area contributed by atoms with Crippen LogP contribution < -0.4 is 11.1 Å². The molecule has 2 amide bonds. The summed E-state index contributed by atoms with van der Waals surface area (Å²) in [5, 5.41) is 20.2. The molecule has 0 aliphatic heterocycles. The van der Waals surface area contributed by atoms with Gasteiger partial charge in [-0.3, -0.25) is 9.59 Å². The van der Waals surface area contributed by atoms with E-state index < -0.39 is 17.9 Å². The fourth-order valence-corrected chi connectivity index (χ4v) is 1.55. The Morgan fingerprint density at radius 1 is 1.42 bits per heavy atom. The number of carbonyl (C=O) groups excluding carboxylic acids is 2. The fraction of sp³-hybridized carbons (Fsp3) is 0.308. The average molecular weight is 261 g/mol. The highest BCUT2D eigenvalue weighted by atomic mass is 16.3. The molecular weight excluding hydrogens is 246 g/mol. The highest BCUT2D eigenvalue weighted by Crippen LogP contribution is 2.09. The van der Waals surface area contributed by atoms with E-state index in [1.165, 1.54) is 6.07 Å². The van der Waals surface area contributed by atoms with Crippen LogP contribution in [0.5, 0.6) is 0 Å². The third-order valence-electron chi connectivity index (χ3n) is 2.45. The molecule has 0 saturated heterocycles. The van der Waals surface area contributed by atoms with Gasteiger partial charge < -0.3 is 16.2 Å². The Hall–Kier alpha value is -2.39. The molecule has 1 atom stereocenters. The summed E-state index contributed by atoms with van der Waals surface area (Å²) in [5.41, 5.74) is 6.44. The van der Waals surface area contributed by atoms with E-state index in [1.54, 1.807) is 25.1 Å². The van der Waals surface area contributed by atoms with E-state index in [-0.39, 0.29) is 24.1 Å². The number of nitrogens with zero attached hydrogens (tertiary/aromatic N) is 1. The predicted molar refractivity (Wildman–Crippen MR) is 68.3 cm³/mol. The summed E-state index contributed by atoms with van der Waals surface area (Å²) in [5.74, 6) is -1.04. The monoisotopic (exact) mass is 261 g/mol. The third-order valence-corrected chi connectivity index (χ3v) is 2.45. The molecule has 100 valence electrons.